The number of benzene rings is 3. The van der Waals surface area contributed by atoms with E-state index in [1.807, 2.05) is 78.9 Å². The molecule has 13 heteroatoms. The molecule has 0 amide bonds. The molecule has 2 heterocycles. The normalized spacial score (nSPS) is 20.3. The Labute approximate surface area is 348 Å². The van der Waals surface area contributed by atoms with Gasteiger partial charge < -0.3 is 32.4 Å². The van der Waals surface area contributed by atoms with Crippen LogP contribution in [0, 0.1) is 0 Å². The van der Waals surface area contributed by atoms with Crippen molar-refractivity contribution in [1.29, 1.82) is 0 Å². The second-order valence-corrected chi connectivity index (χ2v) is 28.5. The minimum absolute atomic E-state index is 0.0365. The molecule has 7 rings (SSSR count). The zero-order valence-corrected chi connectivity index (χ0v) is 37.4. The Balaban J connectivity index is 1.39. The van der Waals surface area contributed by atoms with E-state index < -0.39 is 45.6 Å². The van der Waals surface area contributed by atoms with Crippen molar-refractivity contribution in [2.75, 3.05) is 13.4 Å². The van der Waals surface area contributed by atoms with Crippen LogP contribution in [-0.2, 0) is 37.5 Å². The highest BCUT2D eigenvalue weighted by Gasteiger charge is 2.52. The summed E-state index contributed by atoms with van der Waals surface area (Å²) < 4.78 is 44.6. The number of nitrogens with zero attached hydrogens (tertiary/aromatic N) is 2. The van der Waals surface area contributed by atoms with Gasteiger partial charge in [0.15, 0.2) is 37.0 Å². The van der Waals surface area contributed by atoms with Gasteiger partial charge in [-0.05, 0) is 65.1 Å². The summed E-state index contributed by atoms with van der Waals surface area (Å²) in [4.78, 5) is 30.3. The fourth-order valence-corrected chi connectivity index (χ4v) is 8.86. The van der Waals surface area contributed by atoms with Gasteiger partial charge in [0, 0.05) is 26.3 Å². The molecule has 0 saturated heterocycles. The number of carbonyl (C=O) groups excluding carboxylic acids is 2. The molecule has 2 aliphatic carbocycles. The van der Waals surface area contributed by atoms with Crippen molar-refractivity contribution in [3.63, 3.8) is 0 Å². The number of ketones is 2. The predicted molar refractivity (Wildman–Crippen MR) is 229 cm³/mol. The molecular formula is C46H54N2O9Si2. The number of ether oxygens (including phenoxy) is 4. The van der Waals surface area contributed by atoms with Gasteiger partial charge in [-0.1, -0.05) is 118 Å². The number of Topliss-reactive ketones (excluding diaryl/α,β-unsaturated/α-hetero) is 1. The van der Waals surface area contributed by atoms with Gasteiger partial charge in [-0.25, -0.2) is 0 Å². The second kappa shape index (κ2) is 16.6. The predicted octanol–water partition coefficient (Wildman–Crippen LogP) is 10.6. The van der Waals surface area contributed by atoms with Crippen LogP contribution in [0.4, 0.5) is 0 Å². The highest BCUT2D eigenvalue weighted by molar-refractivity contribution is 6.76. The lowest BCUT2D eigenvalue weighted by atomic mass is 9.75. The van der Waals surface area contributed by atoms with E-state index in [4.69, 9.17) is 32.4 Å². The Morgan fingerprint density at radius 3 is 2.10 bits per heavy atom. The monoisotopic (exact) mass is 834 g/mol. The molecule has 2 aliphatic rings. The molecule has 5 aromatic rings. The maximum Gasteiger partial charge on any atom is 0.265 e. The van der Waals surface area contributed by atoms with Gasteiger partial charge in [-0.3, -0.25) is 9.59 Å². The summed E-state index contributed by atoms with van der Waals surface area (Å²) in [6.07, 6.45) is 0.482. The first-order valence-corrected chi connectivity index (χ1v) is 26.7. The lowest BCUT2D eigenvalue weighted by molar-refractivity contribution is -0.160. The Bertz CT molecular complexity index is 2320. The third-order valence-corrected chi connectivity index (χ3v) is 17.7. The average Bonchev–Trinajstić information content (AvgIpc) is 3.85. The van der Waals surface area contributed by atoms with Crippen molar-refractivity contribution in [2.45, 2.75) is 102 Å². The largest absolute Gasteiger partial charge is 0.488 e. The number of aromatic nitrogens is 2. The lowest BCUT2D eigenvalue weighted by Crippen LogP contribution is -2.44. The zero-order valence-electron chi connectivity index (χ0n) is 35.4. The van der Waals surface area contributed by atoms with Crippen LogP contribution in [0.3, 0.4) is 0 Å². The standard InChI is InChI=1S/C46H54N2O9Si2/c1-45(2,3)59(8,9)57-42-32-25-37(49)46(4,54-29-51-23-24-58(5,6)7)33-21-16-22-35(52-27-30-17-12-10-13-18-30)39(33)36-26-34(47-55-36)38(32)41(50)40-43(42)56-48-44(40)53-28-31-19-14-11-15-20-31/h10-22,25-26,38,42H,23-24,27-29H2,1-9H3/b32-25+/t38-,42-,46+/m0/s1. The van der Waals surface area contributed by atoms with E-state index >= 15 is 9.59 Å². The van der Waals surface area contributed by atoms with Crippen molar-refractivity contribution in [3.8, 4) is 23.0 Å². The first-order valence-electron chi connectivity index (χ1n) is 20.1. The van der Waals surface area contributed by atoms with Crippen molar-refractivity contribution >= 4 is 28.0 Å². The van der Waals surface area contributed by atoms with Crippen LogP contribution in [0.1, 0.15) is 78.2 Å². The SMILES string of the molecule is CC(C)(C)[Si](C)(C)O[C@H]1/C2=C/C(=O)[C@](C)(OCOCC[Si](C)(C)C)c3cccc(OCc4ccccc4)c3-c3cc(no3)[C@H]2C(=O)c2c(OCc3ccccc3)noc21. The van der Waals surface area contributed by atoms with E-state index in [1.165, 1.54) is 6.08 Å². The van der Waals surface area contributed by atoms with Crippen LogP contribution in [0.5, 0.6) is 11.6 Å². The zero-order chi connectivity index (χ0) is 42.2. The Morgan fingerprint density at radius 1 is 0.797 bits per heavy atom. The summed E-state index contributed by atoms with van der Waals surface area (Å²) in [7, 11) is -4.05. The maximum absolute atomic E-state index is 15.3. The third-order valence-electron chi connectivity index (χ3n) is 11.6. The highest BCUT2D eigenvalue weighted by Crippen LogP contribution is 2.53. The maximum atomic E-state index is 15.3. The topological polar surface area (TPSA) is 132 Å². The average molecular weight is 835 g/mol. The highest BCUT2D eigenvalue weighted by atomic mass is 28.4. The van der Waals surface area contributed by atoms with Crippen molar-refractivity contribution in [3.05, 3.63) is 130 Å². The van der Waals surface area contributed by atoms with Gasteiger partial charge in [0.25, 0.3) is 5.88 Å². The summed E-state index contributed by atoms with van der Waals surface area (Å²) in [6, 6.07) is 27.5. The molecule has 0 spiro atoms. The summed E-state index contributed by atoms with van der Waals surface area (Å²) in [5.74, 6) is -1.00. The van der Waals surface area contributed by atoms with Crippen molar-refractivity contribution in [1.82, 2.24) is 10.3 Å². The van der Waals surface area contributed by atoms with E-state index in [1.54, 1.807) is 13.0 Å². The minimum atomic E-state index is -2.64. The first-order chi connectivity index (χ1) is 28.0. The number of rotatable bonds is 14. The Hall–Kier alpha value is -4.93. The summed E-state index contributed by atoms with van der Waals surface area (Å²) in [5, 5.41) is 8.57. The van der Waals surface area contributed by atoms with Crippen LogP contribution < -0.4 is 9.47 Å². The lowest BCUT2D eigenvalue weighted by Gasteiger charge is -2.41. The van der Waals surface area contributed by atoms with Crippen LogP contribution in [-0.4, -0.2) is 51.7 Å². The summed E-state index contributed by atoms with van der Waals surface area (Å²) >= 11 is 0. The number of hydrogen-bond acceptors (Lipinski definition) is 11. The first kappa shape index (κ1) is 42.2. The van der Waals surface area contributed by atoms with Gasteiger partial charge in [0.2, 0.25) is 0 Å². The van der Waals surface area contributed by atoms with Crippen LogP contribution in [0.25, 0.3) is 11.3 Å². The summed E-state index contributed by atoms with van der Waals surface area (Å²) in [6.45, 7) is 19.9. The van der Waals surface area contributed by atoms with Gasteiger partial charge in [-0.15, -0.1) is 0 Å². The van der Waals surface area contributed by atoms with E-state index in [0.29, 0.717) is 34.8 Å². The molecule has 2 aromatic heterocycles. The molecule has 310 valence electrons. The van der Waals surface area contributed by atoms with E-state index in [0.717, 1.165) is 17.2 Å². The van der Waals surface area contributed by atoms with Crippen LogP contribution in [0.2, 0.25) is 43.8 Å². The molecule has 2 bridgehead atoms. The molecule has 0 saturated carbocycles. The van der Waals surface area contributed by atoms with Gasteiger partial charge >= 0.3 is 0 Å². The molecule has 0 aliphatic heterocycles. The minimum Gasteiger partial charge on any atom is -0.488 e. The van der Waals surface area contributed by atoms with E-state index in [9.17, 15) is 0 Å². The van der Waals surface area contributed by atoms with Gasteiger partial charge in [-0.2, -0.15) is 0 Å². The number of hydrogen-bond donors (Lipinski definition) is 0. The fraction of sp³-hybridized carbons (Fsp3) is 0.391. The van der Waals surface area contributed by atoms with Gasteiger partial charge in [0.05, 0.1) is 17.2 Å². The third kappa shape index (κ3) is 8.85. The molecule has 0 unspecified atom stereocenters. The molecule has 0 N–H and O–H groups in total. The number of fused-ring (bicyclic) bond motifs is 7. The van der Waals surface area contributed by atoms with E-state index in [-0.39, 0.29) is 47.9 Å². The Kier molecular flexibility index (Phi) is 11.9. The quantitative estimate of drug-likeness (QED) is 0.0601. The van der Waals surface area contributed by atoms with Crippen LogP contribution >= 0.6 is 0 Å². The van der Waals surface area contributed by atoms with Crippen LogP contribution in [0.15, 0.2) is 106 Å². The number of carbonyl (C=O) groups is 2. The van der Waals surface area contributed by atoms with E-state index in [2.05, 4.69) is 63.8 Å². The van der Waals surface area contributed by atoms with Crippen molar-refractivity contribution in [2.24, 2.45) is 0 Å². The molecule has 59 heavy (non-hydrogen) atoms. The van der Waals surface area contributed by atoms with Gasteiger partial charge in [0.1, 0.15) is 37.4 Å². The molecule has 0 radical (unpaired) electrons. The molecule has 3 atom stereocenters. The molecule has 3 aromatic carbocycles. The molecular weight excluding hydrogens is 781 g/mol. The summed E-state index contributed by atoms with van der Waals surface area (Å²) in [5.41, 5.74) is 1.93. The smallest absolute Gasteiger partial charge is 0.265 e. The molecule has 0 fully saturated rings. The molecule has 11 nitrogen and oxygen atoms in total. The second-order valence-electron chi connectivity index (χ2n) is 18.1. The Morgan fingerprint density at radius 2 is 1.46 bits per heavy atom. The van der Waals surface area contributed by atoms with Crippen molar-refractivity contribution < 1.29 is 42.0 Å². The fourth-order valence-electron chi connectivity index (χ4n) is 6.92.